The van der Waals surface area contributed by atoms with Crippen LogP contribution in [0.25, 0.3) is 0 Å². The van der Waals surface area contributed by atoms with Crippen LogP contribution in [0.2, 0.25) is 0 Å². The van der Waals surface area contributed by atoms with Gasteiger partial charge in [-0.05, 0) is 24.6 Å². The molecule has 0 aliphatic rings. The van der Waals surface area contributed by atoms with E-state index in [9.17, 15) is 14.0 Å². The Bertz CT molecular complexity index is 462. The summed E-state index contributed by atoms with van der Waals surface area (Å²) in [5.74, 6) is -2.15. The molecule has 1 atom stereocenters. The van der Waals surface area contributed by atoms with Gasteiger partial charge in [0.1, 0.15) is 11.9 Å². The molecule has 1 aromatic carbocycles. The lowest BCUT2D eigenvalue weighted by atomic mass is 10.1. The Hall–Kier alpha value is -1.91. The maximum atomic E-state index is 13.0. The lowest BCUT2D eigenvalue weighted by Gasteiger charge is -2.14. The zero-order valence-electron chi connectivity index (χ0n) is 11.6. The average Bonchev–Trinajstić information content (AvgIpc) is 2.41. The van der Waals surface area contributed by atoms with E-state index in [1.54, 1.807) is 0 Å². The third kappa shape index (κ3) is 5.38. The molecular formula is C15H20FNO3. The Kier molecular flexibility index (Phi) is 6.70. The molecule has 0 unspecified atom stereocenters. The number of unbranched alkanes of at least 4 members (excludes halogenated alkanes) is 3. The minimum atomic E-state index is -1.06. The molecule has 5 heteroatoms. The second-order valence-corrected chi connectivity index (χ2v) is 4.72. The first-order chi connectivity index (χ1) is 9.54. The van der Waals surface area contributed by atoms with Gasteiger partial charge in [-0.2, -0.15) is 0 Å². The van der Waals surface area contributed by atoms with Crippen LogP contribution in [0.4, 0.5) is 4.39 Å². The van der Waals surface area contributed by atoms with E-state index in [1.165, 1.54) is 18.2 Å². The first-order valence-corrected chi connectivity index (χ1v) is 6.83. The molecule has 0 radical (unpaired) electrons. The fourth-order valence-corrected chi connectivity index (χ4v) is 1.90. The molecule has 0 heterocycles. The Morgan fingerprint density at radius 2 is 2.05 bits per heavy atom. The van der Waals surface area contributed by atoms with Crippen molar-refractivity contribution in [2.45, 2.75) is 45.1 Å². The van der Waals surface area contributed by atoms with E-state index >= 15 is 0 Å². The van der Waals surface area contributed by atoms with Crippen molar-refractivity contribution in [1.29, 1.82) is 0 Å². The largest absolute Gasteiger partial charge is 0.480 e. The zero-order chi connectivity index (χ0) is 15.0. The molecule has 0 aromatic heterocycles. The molecular weight excluding hydrogens is 261 g/mol. The van der Waals surface area contributed by atoms with Crippen LogP contribution in [0.5, 0.6) is 0 Å². The van der Waals surface area contributed by atoms with Crippen molar-refractivity contribution < 1.29 is 19.1 Å². The monoisotopic (exact) mass is 281 g/mol. The van der Waals surface area contributed by atoms with Crippen molar-refractivity contribution in [2.75, 3.05) is 0 Å². The summed E-state index contributed by atoms with van der Waals surface area (Å²) in [4.78, 5) is 23.0. The van der Waals surface area contributed by atoms with E-state index in [1.807, 2.05) is 0 Å². The Morgan fingerprint density at radius 3 is 2.65 bits per heavy atom. The number of carbonyl (C=O) groups is 2. The van der Waals surface area contributed by atoms with Gasteiger partial charge in [0.15, 0.2) is 0 Å². The number of rotatable bonds is 8. The highest BCUT2D eigenvalue weighted by Gasteiger charge is 2.20. The SMILES string of the molecule is CCCCCC[C@H](NC(=O)c1cccc(F)c1)C(=O)O. The number of hydrogen-bond acceptors (Lipinski definition) is 2. The van der Waals surface area contributed by atoms with E-state index < -0.39 is 23.7 Å². The van der Waals surface area contributed by atoms with Crippen LogP contribution in [0.1, 0.15) is 49.4 Å². The minimum Gasteiger partial charge on any atom is -0.480 e. The Morgan fingerprint density at radius 1 is 1.30 bits per heavy atom. The van der Waals surface area contributed by atoms with Crippen molar-refractivity contribution in [3.8, 4) is 0 Å². The number of carbonyl (C=O) groups excluding carboxylic acids is 1. The summed E-state index contributed by atoms with van der Waals surface area (Å²) in [6, 6.07) is 4.26. The molecule has 0 aliphatic carbocycles. The van der Waals surface area contributed by atoms with Crippen molar-refractivity contribution in [3.63, 3.8) is 0 Å². The Labute approximate surface area is 118 Å². The summed E-state index contributed by atoms with van der Waals surface area (Å²) in [6.45, 7) is 2.07. The van der Waals surface area contributed by atoms with Gasteiger partial charge in [0, 0.05) is 5.56 Å². The fraction of sp³-hybridized carbons (Fsp3) is 0.467. The predicted molar refractivity (Wildman–Crippen MR) is 74.0 cm³/mol. The van der Waals surface area contributed by atoms with Crippen LogP contribution < -0.4 is 5.32 Å². The molecule has 1 amide bonds. The van der Waals surface area contributed by atoms with Crippen LogP contribution in [0.3, 0.4) is 0 Å². The second kappa shape index (κ2) is 8.30. The molecule has 0 spiro atoms. The van der Waals surface area contributed by atoms with Gasteiger partial charge < -0.3 is 10.4 Å². The van der Waals surface area contributed by atoms with Gasteiger partial charge in [-0.15, -0.1) is 0 Å². The standard InChI is InChI=1S/C15H20FNO3/c1-2-3-4-5-9-13(15(19)20)17-14(18)11-7-6-8-12(16)10-11/h6-8,10,13H,2-5,9H2,1H3,(H,17,18)(H,19,20)/t13-/m0/s1. The summed E-state index contributed by atoms with van der Waals surface area (Å²) in [5.41, 5.74) is 0.129. The number of amides is 1. The first-order valence-electron chi connectivity index (χ1n) is 6.83. The zero-order valence-corrected chi connectivity index (χ0v) is 11.6. The Balaban J connectivity index is 2.56. The highest BCUT2D eigenvalue weighted by atomic mass is 19.1. The third-order valence-corrected chi connectivity index (χ3v) is 3.04. The van der Waals surface area contributed by atoms with Gasteiger partial charge in [-0.3, -0.25) is 4.79 Å². The van der Waals surface area contributed by atoms with Gasteiger partial charge in [-0.1, -0.05) is 38.7 Å². The topological polar surface area (TPSA) is 66.4 Å². The highest BCUT2D eigenvalue weighted by molar-refractivity contribution is 5.96. The van der Waals surface area contributed by atoms with Crippen molar-refractivity contribution in [3.05, 3.63) is 35.6 Å². The summed E-state index contributed by atoms with van der Waals surface area (Å²) in [6.07, 6.45) is 4.18. The van der Waals surface area contributed by atoms with Crippen molar-refractivity contribution in [2.24, 2.45) is 0 Å². The van der Waals surface area contributed by atoms with Gasteiger partial charge in [0.2, 0.25) is 0 Å². The van der Waals surface area contributed by atoms with Crippen molar-refractivity contribution in [1.82, 2.24) is 5.32 Å². The number of halogens is 1. The molecule has 1 rings (SSSR count). The third-order valence-electron chi connectivity index (χ3n) is 3.04. The number of carboxylic acid groups (broad SMARTS) is 1. The summed E-state index contributed by atoms with van der Waals surface area (Å²) >= 11 is 0. The average molecular weight is 281 g/mol. The van der Waals surface area contributed by atoms with Gasteiger partial charge in [0.05, 0.1) is 0 Å². The number of aliphatic carboxylic acids is 1. The van der Waals surface area contributed by atoms with Gasteiger partial charge >= 0.3 is 5.97 Å². The smallest absolute Gasteiger partial charge is 0.326 e. The lowest BCUT2D eigenvalue weighted by molar-refractivity contribution is -0.139. The minimum absolute atomic E-state index is 0.129. The summed E-state index contributed by atoms with van der Waals surface area (Å²) < 4.78 is 13.0. The van der Waals surface area contributed by atoms with Crippen LogP contribution in [-0.4, -0.2) is 23.0 Å². The maximum Gasteiger partial charge on any atom is 0.326 e. The van der Waals surface area contributed by atoms with E-state index in [0.29, 0.717) is 6.42 Å². The molecule has 4 nitrogen and oxygen atoms in total. The van der Waals surface area contributed by atoms with Crippen molar-refractivity contribution >= 4 is 11.9 Å². The van der Waals surface area contributed by atoms with Crippen LogP contribution in [0, 0.1) is 5.82 Å². The molecule has 0 aliphatic heterocycles. The van der Waals surface area contributed by atoms with Crippen LogP contribution in [0.15, 0.2) is 24.3 Å². The molecule has 20 heavy (non-hydrogen) atoms. The lowest BCUT2D eigenvalue weighted by Crippen LogP contribution is -2.40. The summed E-state index contributed by atoms with van der Waals surface area (Å²) in [7, 11) is 0. The molecule has 0 bridgehead atoms. The second-order valence-electron chi connectivity index (χ2n) is 4.72. The number of nitrogens with one attached hydrogen (secondary N) is 1. The van der Waals surface area contributed by atoms with E-state index in [0.717, 1.165) is 31.7 Å². The molecule has 0 saturated carbocycles. The number of benzene rings is 1. The number of hydrogen-bond donors (Lipinski definition) is 2. The normalized spacial score (nSPS) is 11.9. The molecule has 0 fully saturated rings. The molecule has 110 valence electrons. The summed E-state index contributed by atoms with van der Waals surface area (Å²) in [5, 5.41) is 11.5. The fourth-order valence-electron chi connectivity index (χ4n) is 1.90. The molecule has 1 aromatic rings. The van der Waals surface area contributed by atoms with Gasteiger partial charge in [0.25, 0.3) is 5.91 Å². The van der Waals surface area contributed by atoms with E-state index in [-0.39, 0.29) is 5.56 Å². The molecule has 0 saturated heterocycles. The highest BCUT2D eigenvalue weighted by Crippen LogP contribution is 2.08. The quantitative estimate of drug-likeness (QED) is 0.720. The molecule has 2 N–H and O–H groups in total. The van der Waals surface area contributed by atoms with E-state index in [2.05, 4.69) is 12.2 Å². The van der Waals surface area contributed by atoms with Gasteiger partial charge in [-0.25, -0.2) is 9.18 Å². The van der Waals surface area contributed by atoms with Crippen LogP contribution in [-0.2, 0) is 4.79 Å². The first kappa shape index (κ1) is 16.1. The maximum absolute atomic E-state index is 13.0. The number of carboxylic acids is 1. The van der Waals surface area contributed by atoms with Crippen LogP contribution >= 0.6 is 0 Å². The predicted octanol–water partition coefficient (Wildman–Crippen LogP) is 2.98. The van der Waals surface area contributed by atoms with E-state index in [4.69, 9.17) is 5.11 Å².